The maximum Gasteiger partial charge on any atom is 0.246 e. The number of nitrogens with zero attached hydrogens (tertiary/aromatic N) is 1. The second kappa shape index (κ2) is 5.10. The van der Waals surface area contributed by atoms with E-state index in [1.54, 1.807) is 4.90 Å². The Kier molecular flexibility index (Phi) is 3.71. The minimum absolute atomic E-state index is 0.0495. The molecule has 0 radical (unpaired) electrons. The number of amides is 2. The molecule has 1 fully saturated rings. The molecule has 1 atom stereocenters. The normalized spacial score (nSPS) is 26.9. The first-order valence-electron chi connectivity index (χ1n) is 6.32. The molecular formula is C13H20N2O3. The van der Waals surface area contributed by atoms with E-state index < -0.39 is 0 Å². The molecule has 0 aromatic carbocycles. The highest BCUT2D eigenvalue weighted by Gasteiger charge is 2.44. The summed E-state index contributed by atoms with van der Waals surface area (Å²) < 4.78 is 4.80. The Bertz CT molecular complexity index is 392. The highest BCUT2D eigenvalue weighted by Crippen LogP contribution is 2.46. The third-order valence-corrected chi connectivity index (χ3v) is 3.96. The monoisotopic (exact) mass is 252 g/mol. The van der Waals surface area contributed by atoms with Crippen molar-refractivity contribution >= 4 is 11.8 Å². The molecular weight excluding hydrogens is 232 g/mol. The summed E-state index contributed by atoms with van der Waals surface area (Å²) in [5.41, 5.74) is 1.03. The van der Waals surface area contributed by atoms with E-state index in [9.17, 15) is 9.59 Å². The largest absolute Gasteiger partial charge is 0.375 e. The zero-order chi connectivity index (χ0) is 13.2. The highest BCUT2D eigenvalue weighted by molar-refractivity contribution is 5.80. The molecule has 0 spiro atoms. The highest BCUT2D eigenvalue weighted by atomic mass is 16.5. The van der Waals surface area contributed by atoms with Crippen LogP contribution in [0.1, 0.15) is 25.7 Å². The number of ether oxygens (including phenoxy) is 1. The van der Waals surface area contributed by atoms with Crippen LogP contribution in [0.2, 0.25) is 0 Å². The molecule has 1 unspecified atom stereocenters. The second-order valence-corrected chi connectivity index (χ2v) is 5.07. The summed E-state index contributed by atoms with van der Waals surface area (Å²) in [6.07, 6.45) is 5.50. The number of methoxy groups -OCH3 is 1. The Hall–Kier alpha value is -1.36. The fourth-order valence-corrected chi connectivity index (χ4v) is 2.94. The lowest BCUT2D eigenvalue weighted by Gasteiger charge is -2.41. The van der Waals surface area contributed by atoms with Crippen LogP contribution in [0.4, 0.5) is 0 Å². The van der Waals surface area contributed by atoms with E-state index in [4.69, 9.17) is 4.74 Å². The number of nitrogens with one attached hydrogen (secondary N) is 1. The maximum atomic E-state index is 11.7. The fraction of sp³-hybridized carbons (Fsp3) is 0.692. The van der Waals surface area contributed by atoms with Gasteiger partial charge in [0.1, 0.15) is 6.61 Å². The van der Waals surface area contributed by atoms with Crippen LogP contribution in [0.3, 0.4) is 0 Å². The number of carbonyl (C=O) groups excluding carboxylic acids is 2. The van der Waals surface area contributed by atoms with Crippen LogP contribution < -0.4 is 5.32 Å². The van der Waals surface area contributed by atoms with Gasteiger partial charge in [-0.1, -0.05) is 6.08 Å². The molecule has 5 nitrogen and oxygen atoms in total. The van der Waals surface area contributed by atoms with E-state index in [1.165, 1.54) is 7.11 Å². The van der Waals surface area contributed by atoms with Gasteiger partial charge in [0.2, 0.25) is 11.8 Å². The van der Waals surface area contributed by atoms with Gasteiger partial charge in [0, 0.05) is 38.2 Å². The molecule has 1 aliphatic heterocycles. The number of likely N-dealkylation sites (tertiary alicyclic amines) is 1. The summed E-state index contributed by atoms with van der Waals surface area (Å²) >= 11 is 0. The molecule has 2 aliphatic rings. The molecule has 1 saturated heterocycles. The topological polar surface area (TPSA) is 58.6 Å². The zero-order valence-corrected chi connectivity index (χ0v) is 11.0. The van der Waals surface area contributed by atoms with E-state index in [-0.39, 0.29) is 23.8 Å². The zero-order valence-electron chi connectivity index (χ0n) is 11.0. The number of hydrogen-bond acceptors (Lipinski definition) is 3. The molecule has 2 rings (SSSR count). The summed E-state index contributed by atoms with van der Waals surface area (Å²) in [4.78, 5) is 24.9. The summed E-state index contributed by atoms with van der Waals surface area (Å²) in [5.74, 6) is 0.0691. The molecule has 1 aliphatic carbocycles. The first-order valence-corrected chi connectivity index (χ1v) is 6.32. The summed E-state index contributed by atoms with van der Waals surface area (Å²) in [6, 6.07) is 0. The first kappa shape index (κ1) is 13.1. The Morgan fingerprint density at radius 1 is 1.56 bits per heavy atom. The number of carbonyl (C=O) groups is 2. The maximum absolute atomic E-state index is 11.7. The average Bonchev–Trinajstić information content (AvgIpc) is 2.77. The number of allylic oxidation sites excluding steroid dienone is 1. The van der Waals surface area contributed by atoms with Crippen LogP contribution in [-0.4, -0.2) is 44.0 Å². The number of hydrogen-bond donors (Lipinski definition) is 1. The van der Waals surface area contributed by atoms with E-state index >= 15 is 0 Å². The molecule has 18 heavy (non-hydrogen) atoms. The minimum Gasteiger partial charge on any atom is -0.375 e. The standard InChI is InChI=1S/C13H20N2O3/c1-15-10-4-3-6-13(10,7-5-12(15)17)9-14-11(16)8-18-2/h4H,3,5-9H2,1-2H3,(H,14,16). The third-order valence-electron chi connectivity index (χ3n) is 3.96. The summed E-state index contributed by atoms with van der Waals surface area (Å²) in [6.45, 7) is 0.683. The molecule has 0 saturated carbocycles. The van der Waals surface area contributed by atoms with Crippen LogP contribution in [-0.2, 0) is 14.3 Å². The first-order chi connectivity index (χ1) is 8.59. The van der Waals surface area contributed by atoms with E-state index in [0.29, 0.717) is 13.0 Å². The van der Waals surface area contributed by atoms with E-state index in [2.05, 4.69) is 11.4 Å². The Morgan fingerprint density at radius 2 is 2.33 bits per heavy atom. The van der Waals surface area contributed by atoms with Gasteiger partial charge in [-0.2, -0.15) is 0 Å². The predicted molar refractivity (Wildman–Crippen MR) is 66.6 cm³/mol. The van der Waals surface area contributed by atoms with Crippen molar-refractivity contribution in [2.45, 2.75) is 25.7 Å². The van der Waals surface area contributed by atoms with Crippen LogP contribution in [0.5, 0.6) is 0 Å². The van der Waals surface area contributed by atoms with Gasteiger partial charge in [0.15, 0.2) is 0 Å². The van der Waals surface area contributed by atoms with Gasteiger partial charge in [-0.05, 0) is 19.3 Å². The second-order valence-electron chi connectivity index (χ2n) is 5.07. The van der Waals surface area contributed by atoms with Crippen molar-refractivity contribution in [2.24, 2.45) is 5.41 Å². The average molecular weight is 252 g/mol. The van der Waals surface area contributed by atoms with Crippen molar-refractivity contribution in [1.82, 2.24) is 10.2 Å². The molecule has 1 N–H and O–H groups in total. The van der Waals surface area contributed by atoms with Gasteiger partial charge in [0.05, 0.1) is 0 Å². The predicted octanol–water partition coefficient (Wildman–Crippen LogP) is 0.665. The smallest absolute Gasteiger partial charge is 0.246 e. The lowest BCUT2D eigenvalue weighted by molar-refractivity contribution is -0.132. The summed E-state index contributed by atoms with van der Waals surface area (Å²) in [5, 5.41) is 2.91. The third kappa shape index (κ3) is 2.27. The lowest BCUT2D eigenvalue weighted by atomic mass is 9.77. The summed E-state index contributed by atoms with van der Waals surface area (Å²) in [7, 11) is 3.33. The van der Waals surface area contributed by atoms with Crippen LogP contribution in [0.15, 0.2) is 11.8 Å². The number of piperidine rings is 1. The molecule has 0 bridgehead atoms. The quantitative estimate of drug-likeness (QED) is 0.800. The van der Waals surface area contributed by atoms with Gasteiger partial charge in [-0.15, -0.1) is 0 Å². The van der Waals surface area contributed by atoms with Gasteiger partial charge in [-0.25, -0.2) is 0 Å². The Morgan fingerprint density at radius 3 is 3.06 bits per heavy atom. The van der Waals surface area contributed by atoms with Crippen molar-refractivity contribution in [3.05, 3.63) is 11.8 Å². The van der Waals surface area contributed by atoms with Gasteiger partial charge in [-0.3, -0.25) is 9.59 Å². The van der Waals surface area contributed by atoms with Gasteiger partial charge < -0.3 is 15.0 Å². The number of rotatable bonds is 4. The molecule has 0 aromatic rings. The number of fused-ring (bicyclic) bond motifs is 1. The van der Waals surface area contributed by atoms with Crippen molar-refractivity contribution in [2.75, 3.05) is 27.3 Å². The van der Waals surface area contributed by atoms with Crippen molar-refractivity contribution in [1.29, 1.82) is 0 Å². The molecule has 1 heterocycles. The van der Waals surface area contributed by atoms with Crippen LogP contribution in [0, 0.1) is 5.41 Å². The van der Waals surface area contributed by atoms with Crippen molar-refractivity contribution in [3.63, 3.8) is 0 Å². The lowest BCUT2D eigenvalue weighted by Crippen LogP contribution is -2.47. The molecule has 2 amide bonds. The van der Waals surface area contributed by atoms with Crippen molar-refractivity contribution in [3.8, 4) is 0 Å². The fourth-order valence-electron chi connectivity index (χ4n) is 2.94. The van der Waals surface area contributed by atoms with Crippen molar-refractivity contribution < 1.29 is 14.3 Å². The molecule has 5 heteroatoms. The minimum atomic E-state index is -0.0994. The van der Waals surface area contributed by atoms with Gasteiger partial charge >= 0.3 is 0 Å². The Labute approximate surface area is 107 Å². The SMILES string of the molecule is COCC(=O)NCC12CCC=C1N(C)C(=O)CC2. The van der Waals surface area contributed by atoms with Crippen LogP contribution >= 0.6 is 0 Å². The van der Waals surface area contributed by atoms with Gasteiger partial charge in [0.25, 0.3) is 0 Å². The van der Waals surface area contributed by atoms with E-state index in [0.717, 1.165) is 25.0 Å². The molecule has 100 valence electrons. The van der Waals surface area contributed by atoms with E-state index in [1.807, 2.05) is 7.05 Å². The van der Waals surface area contributed by atoms with Crippen LogP contribution in [0.25, 0.3) is 0 Å². The molecule has 0 aromatic heterocycles. The Balaban J connectivity index is 2.04.